The number of anilines is 1. The van der Waals surface area contributed by atoms with Crippen LogP contribution in [0.4, 0.5) is 5.69 Å². The molecule has 4 heteroatoms. The van der Waals surface area contributed by atoms with E-state index in [2.05, 4.69) is 24.3 Å². The van der Waals surface area contributed by atoms with Gasteiger partial charge >= 0.3 is 0 Å². The molecule has 78 valence electrons. The number of nitrogens with one attached hydrogen (secondary N) is 1. The largest absolute Gasteiger partial charge is 0.396 e. The van der Waals surface area contributed by atoms with Crippen molar-refractivity contribution in [3.63, 3.8) is 0 Å². The Bertz CT molecular complexity index is 297. The lowest BCUT2D eigenvalue weighted by molar-refractivity contribution is 0.250. The van der Waals surface area contributed by atoms with Crippen molar-refractivity contribution in [1.82, 2.24) is 15.1 Å². The first-order valence-electron chi connectivity index (χ1n) is 5.21. The van der Waals surface area contributed by atoms with E-state index < -0.39 is 0 Å². The molecule has 0 aromatic carbocycles. The monoisotopic (exact) mass is 194 g/mol. The van der Waals surface area contributed by atoms with E-state index in [-0.39, 0.29) is 0 Å². The van der Waals surface area contributed by atoms with Gasteiger partial charge in [0.05, 0.1) is 17.9 Å². The fourth-order valence-electron chi connectivity index (χ4n) is 2.30. The van der Waals surface area contributed by atoms with E-state index in [0.29, 0.717) is 18.1 Å². The molecule has 0 aliphatic carbocycles. The lowest BCUT2D eigenvalue weighted by atomic mass is 9.96. The minimum absolute atomic E-state index is 0.499. The van der Waals surface area contributed by atoms with E-state index in [1.54, 1.807) is 6.20 Å². The quantitative estimate of drug-likeness (QED) is 0.705. The number of hydrogen-bond acceptors (Lipinski definition) is 3. The van der Waals surface area contributed by atoms with Crippen LogP contribution in [-0.2, 0) is 0 Å². The summed E-state index contributed by atoms with van der Waals surface area (Å²) in [7, 11) is 0. The standard InChI is InChI=1S/C10H18N4/c1-7-3-10(4-8(2)13-7)14-6-9(11)5-12-14/h5-8,10,13H,3-4,11H2,1-2H3/t7-,8+,10?. The third-order valence-electron chi connectivity index (χ3n) is 2.82. The molecule has 1 aromatic heterocycles. The Labute approximate surface area is 84.5 Å². The Morgan fingerprint density at radius 3 is 2.57 bits per heavy atom. The lowest BCUT2D eigenvalue weighted by Gasteiger charge is -2.32. The van der Waals surface area contributed by atoms with Crippen LogP contribution in [0.1, 0.15) is 32.7 Å². The van der Waals surface area contributed by atoms with Crippen molar-refractivity contribution in [2.45, 2.75) is 44.8 Å². The Morgan fingerprint density at radius 1 is 1.43 bits per heavy atom. The highest BCUT2D eigenvalue weighted by molar-refractivity contribution is 5.30. The first kappa shape index (κ1) is 9.52. The summed E-state index contributed by atoms with van der Waals surface area (Å²) in [4.78, 5) is 0. The average Bonchev–Trinajstić information content (AvgIpc) is 2.50. The zero-order valence-corrected chi connectivity index (χ0v) is 8.77. The van der Waals surface area contributed by atoms with Crippen LogP contribution in [0, 0.1) is 0 Å². The summed E-state index contributed by atoms with van der Waals surface area (Å²) in [5.41, 5.74) is 6.41. The molecule has 14 heavy (non-hydrogen) atoms. The second-order valence-electron chi connectivity index (χ2n) is 4.35. The molecular weight excluding hydrogens is 176 g/mol. The molecule has 0 radical (unpaired) electrons. The van der Waals surface area contributed by atoms with Gasteiger partial charge in [-0.15, -0.1) is 0 Å². The minimum Gasteiger partial charge on any atom is -0.396 e. The Balaban J connectivity index is 2.10. The van der Waals surface area contributed by atoms with E-state index in [4.69, 9.17) is 5.73 Å². The molecule has 1 fully saturated rings. The van der Waals surface area contributed by atoms with Crippen LogP contribution in [-0.4, -0.2) is 21.9 Å². The number of hydrogen-bond donors (Lipinski definition) is 2. The highest BCUT2D eigenvalue weighted by Crippen LogP contribution is 2.24. The van der Waals surface area contributed by atoms with Gasteiger partial charge in [0.15, 0.2) is 0 Å². The molecular formula is C10H18N4. The first-order chi connectivity index (χ1) is 6.65. The fraction of sp³-hybridized carbons (Fsp3) is 0.700. The summed E-state index contributed by atoms with van der Waals surface area (Å²) >= 11 is 0. The number of rotatable bonds is 1. The molecule has 1 aliphatic heterocycles. The lowest BCUT2D eigenvalue weighted by Crippen LogP contribution is -2.43. The topological polar surface area (TPSA) is 55.9 Å². The number of nitrogens with zero attached hydrogens (tertiary/aromatic N) is 2. The van der Waals surface area contributed by atoms with Gasteiger partial charge in [0.2, 0.25) is 0 Å². The molecule has 4 nitrogen and oxygen atoms in total. The molecule has 3 N–H and O–H groups in total. The maximum Gasteiger partial charge on any atom is 0.0719 e. The summed E-state index contributed by atoms with van der Waals surface area (Å²) in [6.45, 7) is 4.44. The van der Waals surface area contributed by atoms with Crippen molar-refractivity contribution in [3.05, 3.63) is 12.4 Å². The van der Waals surface area contributed by atoms with E-state index in [9.17, 15) is 0 Å². The van der Waals surface area contributed by atoms with Crippen LogP contribution >= 0.6 is 0 Å². The molecule has 0 amide bonds. The average molecular weight is 194 g/mol. The van der Waals surface area contributed by atoms with Gasteiger partial charge in [-0.25, -0.2) is 0 Å². The molecule has 0 bridgehead atoms. The maximum absolute atomic E-state index is 5.66. The van der Waals surface area contributed by atoms with E-state index in [0.717, 1.165) is 18.5 Å². The van der Waals surface area contributed by atoms with Crippen LogP contribution in [0.15, 0.2) is 12.4 Å². The molecule has 2 heterocycles. The summed E-state index contributed by atoms with van der Waals surface area (Å²) in [5, 5.41) is 7.79. The second-order valence-corrected chi connectivity index (χ2v) is 4.35. The number of nitrogens with two attached hydrogens (primary N) is 1. The number of piperidine rings is 1. The SMILES string of the molecule is C[C@@H]1CC(n2cc(N)cn2)C[C@H](C)N1. The van der Waals surface area contributed by atoms with Gasteiger partial charge in [-0.1, -0.05) is 0 Å². The molecule has 1 aliphatic rings. The van der Waals surface area contributed by atoms with Crippen LogP contribution in [0.3, 0.4) is 0 Å². The summed E-state index contributed by atoms with van der Waals surface area (Å²) in [6.07, 6.45) is 5.91. The normalized spacial score (nSPS) is 33.1. The van der Waals surface area contributed by atoms with Gasteiger partial charge in [0.1, 0.15) is 0 Å². The van der Waals surface area contributed by atoms with E-state index in [1.165, 1.54) is 0 Å². The third-order valence-corrected chi connectivity index (χ3v) is 2.82. The van der Waals surface area contributed by atoms with Crippen molar-refractivity contribution in [1.29, 1.82) is 0 Å². The van der Waals surface area contributed by atoms with E-state index in [1.807, 2.05) is 10.9 Å². The van der Waals surface area contributed by atoms with Gasteiger partial charge < -0.3 is 11.1 Å². The Morgan fingerprint density at radius 2 is 2.07 bits per heavy atom. The highest BCUT2D eigenvalue weighted by Gasteiger charge is 2.24. The maximum atomic E-state index is 5.66. The van der Waals surface area contributed by atoms with Crippen LogP contribution in [0.5, 0.6) is 0 Å². The van der Waals surface area contributed by atoms with Crippen LogP contribution in [0.25, 0.3) is 0 Å². The molecule has 0 spiro atoms. The molecule has 1 unspecified atom stereocenters. The predicted molar refractivity (Wildman–Crippen MR) is 57.0 cm³/mol. The minimum atomic E-state index is 0.499. The molecule has 2 rings (SSSR count). The van der Waals surface area contributed by atoms with Crippen molar-refractivity contribution >= 4 is 5.69 Å². The molecule has 3 atom stereocenters. The van der Waals surface area contributed by atoms with Gasteiger partial charge in [0.25, 0.3) is 0 Å². The zero-order chi connectivity index (χ0) is 10.1. The smallest absolute Gasteiger partial charge is 0.0719 e. The number of aromatic nitrogens is 2. The highest BCUT2D eigenvalue weighted by atomic mass is 15.3. The van der Waals surface area contributed by atoms with Gasteiger partial charge in [0, 0.05) is 18.3 Å². The molecule has 0 saturated carbocycles. The molecule has 1 aromatic rings. The van der Waals surface area contributed by atoms with Gasteiger partial charge in [-0.2, -0.15) is 5.10 Å². The summed E-state index contributed by atoms with van der Waals surface area (Å²) in [6, 6.07) is 1.63. The second kappa shape index (κ2) is 3.61. The van der Waals surface area contributed by atoms with Crippen molar-refractivity contribution in [2.75, 3.05) is 5.73 Å². The fourth-order valence-corrected chi connectivity index (χ4v) is 2.30. The summed E-state index contributed by atoms with van der Waals surface area (Å²) < 4.78 is 2.00. The number of nitrogen functional groups attached to an aromatic ring is 1. The Kier molecular flexibility index (Phi) is 2.46. The van der Waals surface area contributed by atoms with Gasteiger partial charge in [-0.05, 0) is 26.7 Å². The van der Waals surface area contributed by atoms with Crippen molar-refractivity contribution < 1.29 is 0 Å². The summed E-state index contributed by atoms with van der Waals surface area (Å²) in [5.74, 6) is 0. The third kappa shape index (κ3) is 1.90. The van der Waals surface area contributed by atoms with Crippen molar-refractivity contribution in [2.24, 2.45) is 0 Å². The van der Waals surface area contributed by atoms with Gasteiger partial charge in [-0.3, -0.25) is 4.68 Å². The van der Waals surface area contributed by atoms with Crippen LogP contribution in [0.2, 0.25) is 0 Å². The zero-order valence-electron chi connectivity index (χ0n) is 8.77. The predicted octanol–water partition coefficient (Wildman–Crippen LogP) is 1.17. The van der Waals surface area contributed by atoms with Crippen molar-refractivity contribution in [3.8, 4) is 0 Å². The van der Waals surface area contributed by atoms with E-state index >= 15 is 0 Å². The Hall–Kier alpha value is -1.03. The first-order valence-corrected chi connectivity index (χ1v) is 5.21. The molecule has 1 saturated heterocycles. The van der Waals surface area contributed by atoms with Crippen LogP contribution < -0.4 is 11.1 Å².